The molecule has 3 rings (SSSR count). The number of ether oxygens (including phenoxy) is 3. The highest BCUT2D eigenvalue weighted by molar-refractivity contribution is 5.68. The average molecular weight is 421 g/mol. The first-order chi connectivity index (χ1) is 15.2. The fourth-order valence-electron chi connectivity index (χ4n) is 3.58. The normalized spacial score (nSPS) is 10.7. The summed E-state index contributed by atoms with van der Waals surface area (Å²) >= 11 is 0. The Kier molecular flexibility index (Phi) is 8.33. The summed E-state index contributed by atoms with van der Waals surface area (Å²) in [5.74, 6) is 2.22. The number of likely N-dealkylation sites (N-methyl/N-ethyl adjacent to an activating group) is 1. The van der Waals surface area contributed by atoms with Crippen LogP contribution in [0.2, 0.25) is 0 Å². The van der Waals surface area contributed by atoms with E-state index in [1.54, 1.807) is 14.2 Å². The Morgan fingerprint density at radius 1 is 0.839 bits per heavy atom. The van der Waals surface area contributed by atoms with E-state index in [9.17, 15) is 0 Å². The first-order valence-corrected chi connectivity index (χ1v) is 10.5. The maximum absolute atomic E-state index is 6.16. The molecule has 0 bridgehead atoms. The van der Waals surface area contributed by atoms with Gasteiger partial charge in [0.2, 0.25) is 0 Å². The molecule has 164 valence electrons. The minimum absolute atomic E-state index is 0.471. The van der Waals surface area contributed by atoms with E-state index in [-0.39, 0.29) is 0 Å². The largest absolute Gasteiger partial charge is 0.496 e. The molecular weight excluding hydrogens is 388 g/mol. The zero-order valence-corrected chi connectivity index (χ0v) is 18.8. The molecular formula is C26H32N2O3. The van der Waals surface area contributed by atoms with Crippen LogP contribution in [0.1, 0.15) is 16.7 Å². The standard InChI is InChI=1S/C26H32N2O3/c1-19-21(11-8-12-23(19)20-9-6-5-7-10-20)18-31-22-15-25(29-3)24(26(16-22)30-4)17-28-14-13-27-2/h5-12,15-16,27-28H,13-14,17-18H2,1-4H3. The Hall–Kier alpha value is -3.02. The first kappa shape index (κ1) is 22.7. The van der Waals surface area contributed by atoms with Crippen LogP contribution < -0.4 is 24.8 Å². The van der Waals surface area contributed by atoms with Crippen LogP contribution in [0.5, 0.6) is 17.2 Å². The van der Waals surface area contributed by atoms with Crippen LogP contribution in [-0.4, -0.2) is 34.4 Å². The fraction of sp³-hybridized carbons (Fsp3) is 0.308. The van der Waals surface area contributed by atoms with Gasteiger partial charge in [0, 0.05) is 31.8 Å². The zero-order valence-electron chi connectivity index (χ0n) is 18.8. The Morgan fingerprint density at radius 3 is 2.19 bits per heavy atom. The maximum atomic E-state index is 6.16. The van der Waals surface area contributed by atoms with Crippen molar-refractivity contribution >= 4 is 0 Å². The number of nitrogens with one attached hydrogen (secondary N) is 2. The zero-order chi connectivity index (χ0) is 22.1. The van der Waals surface area contributed by atoms with E-state index in [4.69, 9.17) is 14.2 Å². The Labute approximate surface area is 185 Å². The van der Waals surface area contributed by atoms with Crippen molar-refractivity contribution < 1.29 is 14.2 Å². The van der Waals surface area contributed by atoms with Crippen molar-refractivity contribution in [1.82, 2.24) is 10.6 Å². The number of hydrogen-bond donors (Lipinski definition) is 2. The van der Waals surface area contributed by atoms with E-state index >= 15 is 0 Å². The predicted octanol–water partition coefficient (Wildman–Crippen LogP) is 4.57. The van der Waals surface area contributed by atoms with E-state index in [2.05, 4.69) is 60.0 Å². The first-order valence-electron chi connectivity index (χ1n) is 10.5. The van der Waals surface area contributed by atoms with Crippen molar-refractivity contribution in [3.63, 3.8) is 0 Å². The van der Waals surface area contributed by atoms with Crippen LogP contribution >= 0.6 is 0 Å². The summed E-state index contributed by atoms with van der Waals surface area (Å²) in [6, 6.07) is 20.6. The minimum Gasteiger partial charge on any atom is -0.496 e. The van der Waals surface area contributed by atoms with Gasteiger partial charge in [0.1, 0.15) is 23.9 Å². The minimum atomic E-state index is 0.471. The van der Waals surface area contributed by atoms with Gasteiger partial charge in [-0.25, -0.2) is 0 Å². The molecule has 0 saturated carbocycles. The molecule has 5 heteroatoms. The van der Waals surface area contributed by atoms with Gasteiger partial charge in [0.15, 0.2) is 0 Å². The lowest BCUT2D eigenvalue weighted by Crippen LogP contribution is -2.24. The summed E-state index contributed by atoms with van der Waals surface area (Å²) in [6.45, 7) is 5.03. The van der Waals surface area contributed by atoms with Crippen molar-refractivity contribution in [3.8, 4) is 28.4 Å². The van der Waals surface area contributed by atoms with Crippen LogP contribution in [0.3, 0.4) is 0 Å². The van der Waals surface area contributed by atoms with Gasteiger partial charge in [-0.15, -0.1) is 0 Å². The van der Waals surface area contributed by atoms with Crippen LogP contribution in [0, 0.1) is 6.92 Å². The smallest absolute Gasteiger partial charge is 0.130 e. The summed E-state index contributed by atoms with van der Waals surface area (Å²) in [7, 11) is 5.28. The van der Waals surface area contributed by atoms with Crippen LogP contribution in [0.4, 0.5) is 0 Å². The molecule has 0 heterocycles. The third-order valence-electron chi connectivity index (χ3n) is 5.36. The van der Waals surface area contributed by atoms with Gasteiger partial charge >= 0.3 is 0 Å². The van der Waals surface area contributed by atoms with Gasteiger partial charge in [-0.2, -0.15) is 0 Å². The highest BCUT2D eigenvalue weighted by Crippen LogP contribution is 2.35. The van der Waals surface area contributed by atoms with E-state index in [0.717, 1.165) is 41.5 Å². The second-order valence-electron chi connectivity index (χ2n) is 7.33. The summed E-state index contributed by atoms with van der Waals surface area (Å²) in [4.78, 5) is 0. The summed E-state index contributed by atoms with van der Waals surface area (Å²) < 4.78 is 17.4. The molecule has 3 aromatic rings. The maximum Gasteiger partial charge on any atom is 0.130 e. The number of methoxy groups -OCH3 is 2. The van der Waals surface area contributed by atoms with Crippen LogP contribution in [0.15, 0.2) is 60.7 Å². The average Bonchev–Trinajstić information content (AvgIpc) is 2.81. The SMILES string of the molecule is CNCCNCc1c(OC)cc(OCc2cccc(-c3ccccc3)c2C)cc1OC. The lowest BCUT2D eigenvalue weighted by atomic mass is 9.97. The van der Waals surface area contributed by atoms with Crippen molar-refractivity contribution in [1.29, 1.82) is 0 Å². The molecule has 0 aliphatic carbocycles. The number of rotatable bonds is 11. The van der Waals surface area contributed by atoms with Gasteiger partial charge in [0.05, 0.1) is 19.8 Å². The van der Waals surface area contributed by atoms with Crippen LogP contribution in [-0.2, 0) is 13.2 Å². The predicted molar refractivity (Wildman–Crippen MR) is 126 cm³/mol. The Bertz CT molecular complexity index is 949. The monoisotopic (exact) mass is 420 g/mol. The quantitative estimate of drug-likeness (QED) is 0.445. The van der Waals surface area contributed by atoms with Crippen LogP contribution in [0.25, 0.3) is 11.1 Å². The van der Waals surface area contributed by atoms with E-state index in [1.165, 1.54) is 16.7 Å². The number of benzene rings is 3. The third kappa shape index (κ3) is 5.78. The topological polar surface area (TPSA) is 51.8 Å². The second-order valence-corrected chi connectivity index (χ2v) is 7.33. The summed E-state index contributed by atoms with van der Waals surface area (Å²) in [5, 5.41) is 6.52. The molecule has 0 saturated heterocycles. The molecule has 0 amide bonds. The highest BCUT2D eigenvalue weighted by atomic mass is 16.5. The molecule has 0 aliphatic rings. The molecule has 0 spiro atoms. The lowest BCUT2D eigenvalue weighted by molar-refractivity contribution is 0.298. The lowest BCUT2D eigenvalue weighted by Gasteiger charge is -2.17. The summed E-state index contributed by atoms with van der Waals surface area (Å²) in [6.07, 6.45) is 0. The molecule has 0 radical (unpaired) electrons. The third-order valence-corrected chi connectivity index (χ3v) is 5.36. The molecule has 3 aromatic carbocycles. The molecule has 0 aliphatic heterocycles. The fourth-order valence-corrected chi connectivity index (χ4v) is 3.58. The molecule has 0 atom stereocenters. The van der Waals surface area contributed by atoms with Gasteiger partial charge in [-0.1, -0.05) is 48.5 Å². The summed E-state index contributed by atoms with van der Waals surface area (Å²) in [5.41, 5.74) is 5.78. The molecule has 5 nitrogen and oxygen atoms in total. The highest BCUT2D eigenvalue weighted by Gasteiger charge is 2.14. The van der Waals surface area contributed by atoms with Gasteiger partial charge in [-0.3, -0.25) is 0 Å². The van der Waals surface area contributed by atoms with Gasteiger partial charge < -0.3 is 24.8 Å². The van der Waals surface area contributed by atoms with Crippen molar-refractivity contribution in [2.24, 2.45) is 0 Å². The molecule has 31 heavy (non-hydrogen) atoms. The molecule has 2 N–H and O–H groups in total. The van der Waals surface area contributed by atoms with E-state index < -0.39 is 0 Å². The molecule has 0 aromatic heterocycles. The Balaban J connectivity index is 1.77. The van der Waals surface area contributed by atoms with E-state index in [0.29, 0.717) is 13.2 Å². The van der Waals surface area contributed by atoms with Crippen molar-refractivity contribution in [3.05, 3.63) is 77.4 Å². The van der Waals surface area contributed by atoms with E-state index in [1.807, 2.05) is 25.2 Å². The second kappa shape index (κ2) is 11.4. The molecule has 0 unspecified atom stereocenters. The molecule has 0 fully saturated rings. The van der Waals surface area contributed by atoms with Gasteiger partial charge in [0.25, 0.3) is 0 Å². The van der Waals surface area contributed by atoms with Crippen molar-refractivity contribution in [2.75, 3.05) is 34.4 Å². The van der Waals surface area contributed by atoms with Crippen molar-refractivity contribution in [2.45, 2.75) is 20.1 Å². The Morgan fingerprint density at radius 2 is 1.55 bits per heavy atom. The number of hydrogen-bond acceptors (Lipinski definition) is 5. The van der Waals surface area contributed by atoms with Gasteiger partial charge in [-0.05, 0) is 36.2 Å².